The fourth-order valence-corrected chi connectivity index (χ4v) is 6.46. The van der Waals surface area contributed by atoms with Gasteiger partial charge in [-0.05, 0) is 95.7 Å². The zero-order valence-corrected chi connectivity index (χ0v) is 17.2. The molecule has 2 aliphatic carbocycles. The van der Waals surface area contributed by atoms with Crippen LogP contribution in [-0.4, -0.2) is 5.66 Å². The SMILES string of the molecule is C#CC#CC#CP(C#CC#CC#C)[C@H](C[C@@H](C)C1CCCC1)C1CCCC1. The predicted octanol–water partition coefficient (Wildman–Crippen LogP) is 5.44. The van der Waals surface area contributed by atoms with Crippen LogP contribution in [0.5, 0.6) is 0 Å². The van der Waals surface area contributed by atoms with Gasteiger partial charge in [-0.2, -0.15) is 0 Å². The maximum Gasteiger partial charge on any atom is 0.0558 e. The topological polar surface area (TPSA) is 0 Å². The average molecular weight is 370 g/mol. The molecule has 2 atom stereocenters. The predicted molar refractivity (Wildman–Crippen MR) is 117 cm³/mol. The van der Waals surface area contributed by atoms with E-state index >= 15 is 0 Å². The Morgan fingerprint density at radius 3 is 1.70 bits per heavy atom. The van der Waals surface area contributed by atoms with E-state index in [1.54, 1.807) is 0 Å². The molecule has 0 spiro atoms. The van der Waals surface area contributed by atoms with Crippen molar-refractivity contribution in [1.82, 2.24) is 0 Å². The first-order chi connectivity index (χ1) is 13.3. The monoisotopic (exact) mass is 370 g/mol. The second-order valence-electron chi connectivity index (χ2n) is 7.50. The van der Waals surface area contributed by atoms with Gasteiger partial charge in [0.2, 0.25) is 0 Å². The van der Waals surface area contributed by atoms with Crippen LogP contribution in [0.4, 0.5) is 0 Å². The Kier molecular flexibility index (Phi) is 9.55. The summed E-state index contributed by atoms with van der Waals surface area (Å²) in [4.78, 5) is 0. The Bertz CT molecular complexity index is 757. The third-order valence-electron chi connectivity index (χ3n) is 5.84. The van der Waals surface area contributed by atoms with E-state index in [0.717, 1.165) is 17.8 Å². The molecule has 27 heavy (non-hydrogen) atoms. The lowest BCUT2D eigenvalue weighted by atomic mass is 9.85. The second kappa shape index (κ2) is 12.2. The van der Waals surface area contributed by atoms with Crippen molar-refractivity contribution in [3.8, 4) is 71.5 Å². The maximum atomic E-state index is 5.20. The Balaban J connectivity index is 2.25. The molecule has 1 heteroatoms. The molecule has 0 nitrogen and oxygen atoms in total. The molecule has 0 N–H and O–H groups in total. The van der Waals surface area contributed by atoms with Crippen molar-refractivity contribution in [3.05, 3.63) is 0 Å². The Morgan fingerprint density at radius 1 is 0.741 bits per heavy atom. The van der Waals surface area contributed by atoms with Crippen LogP contribution in [0.3, 0.4) is 0 Å². The molecule has 2 aliphatic rings. The molecule has 0 aromatic carbocycles. The molecular weight excluding hydrogens is 343 g/mol. The van der Waals surface area contributed by atoms with Gasteiger partial charge in [0.1, 0.15) is 0 Å². The Labute approximate surface area is 167 Å². The molecule has 136 valence electrons. The van der Waals surface area contributed by atoms with E-state index in [0.29, 0.717) is 5.66 Å². The van der Waals surface area contributed by atoms with Gasteiger partial charge >= 0.3 is 0 Å². The van der Waals surface area contributed by atoms with Crippen molar-refractivity contribution in [2.24, 2.45) is 17.8 Å². The first-order valence-corrected chi connectivity index (χ1v) is 11.4. The minimum absolute atomic E-state index is 0.540. The largest absolute Gasteiger partial charge is 0.106 e. The summed E-state index contributed by atoms with van der Waals surface area (Å²) in [5.41, 5.74) is 7.25. The molecule has 2 fully saturated rings. The van der Waals surface area contributed by atoms with Crippen LogP contribution in [0.15, 0.2) is 0 Å². The quantitative estimate of drug-likeness (QED) is 0.447. The summed E-state index contributed by atoms with van der Waals surface area (Å²) in [5, 5.41) is 0. The normalized spacial score (nSPS) is 18.2. The molecule has 0 radical (unpaired) electrons. The Morgan fingerprint density at radius 2 is 1.22 bits per heavy atom. The van der Waals surface area contributed by atoms with Gasteiger partial charge in [0.25, 0.3) is 0 Å². The first kappa shape index (κ1) is 21.1. The summed E-state index contributed by atoms with van der Waals surface area (Å²) in [6, 6.07) is 0. The van der Waals surface area contributed by atoms with E-state index in [9.17, 15) is 0 Å². The lowest BCUT2D eigenvalue weighted by Crippen LogP contribution is -2.22. The van der Waals surface area contributed by atoms with Crippen LogP contribution < -0.4 is 0 Å². The van der Waals surface area contributed by atoms with E-state index in [1.165, 1.54) is 57.8 Å². The smallest absolute Gasteiger partial charge is 0.0558 e. The molecule has 0 heterocycles. The Hall–Kier alpha value is -2.21. The molecule has 0 aromatic heterocycles. The van der Waals surface area contributed by atoms with Crippen LogP contribution in [0, 0.1) is 89.3 Å². The van der Waals surface area contributed by atoms with E-state index in [1.807, 2.05) is 0 Å². The molecule has 0 saturated heterocycles. The number of hydrogen-bond acceptors (Lipinski definition) is 0. The van der Waals surface area contributed by atoms with Gasteiger partial charge in [-0.3, -0.25) is 0 Å². The van der Waals surface area contributed by atoms with E-state index < -0.39 is 7.92 Å². The van der Waals surface area contributed by atoms with Gasteiger partial charge in [0, 0.05) is 5.66 Å². The molecule has 0 aromatic rings. The molecule has 2 saturated carbocycles. The average Bonchev–Trinajstić information content (AvgIpc) is 3.39. The molecule has 0 amide bonds. The van der Waals surface area contributed by atoms with Crippen molar-refractivity contribution in [1.29, 1.82) is 0 Å². The first-order valence-electron chi connectivity index (χ1n) is 9.98. The van der Waals surface area contributed by atoms with Crippen LogP contribution in [0.25, 0.3) is 0 Å². The highest BCUT2D eigenvalue weighted by Gasteiger charge is 2.33. The van der Waals surface area contributed by atoms with Crippen molar-refractivity contribution < 1.29 is 0 Å². The van der Waals surface area contributed by atoms with Crippen molar-refractivity contribution in [2.75, 3.05) is 0 Å². The van der Waals surface area contributed by atoms with Crippen molar-refractivity contribution >= 4 is 7.92 Å². The van der Waals surface area contributed by atoms with Gasteiger partial charge in [-0.25, -0.2) is 0 Å². The summed E-state index contributed by atoms with van der Waals surface area (Å²) in [6.45, 7) is 2.43. The lowest BCUT2D eigenvalue weighted by molar-refractivity contribution is 0.317. The van der Waals surface area contributed by atoms with E-state index in [2.05, 4.69) is 65.6 Å². The molecule has 0 unspecified atom stereocenters. The van der Waals surface area contributed by atoms with Gasteiger partial charge < -0.3 is 0 Å². The van der Waals surface area contributed by atoms with Crippen molar-refractivity contribution in [3.63, 3.8) is 0 Å². The van der Waals surface area contributed by atoms with Gasteiger partial charge in [0.15, 0.2) is 0 Å². The maximum absolute atomic E-state index is 5.20. The lowest BCUT2D eigenvalue weighted by Gasteiger charge is -2.30. The minimum atomic E-state index is -0.780. The minimum Gasteiger partial charge on any atom is -0.106 e. The van der Waals surface area contributed by atoms with Crippen LogP contribution >= 0.6 is 7.92 Å². The van der Waals surface area contributed by atoms with Gasteiger partial charge in [-0.1, -0.05) is 45.4 Å². The van der Waals surface area contributed by atoms with E-state index in [4.69, 9.17) is 12.8 Å². The highest BCUT2D eigenvalue weighted by atomic mass is 31.1. The molecule has 2 rings (SSSR count). The van der Waals surface area contributed by atoms with Crippen LogP contribution in [-0.2, 0) is 0 Å². The zero-order chi connectivity index (χ0) is 19.3. The summed E-state index contributed by atoms with van der Waals surface area (Å²) >= 11 is 0. The molecule has 0 bridgehead atoms. The fraction of sp³-hybridized carbons (Fsp3) is 0.538. The number of rotatable bonds is 5. The second-order valence-corrected chi connectivity index (χ2v) is 9.35. The van der Waals surface area contributed by atoms with E-state index in [-0.39, 0.29) is 0 Å². The summed E-state index contributed by atoms with van der Waals surface area (Å²) in [5.74, 6) is 23.6. The van der Waals surface area contributed by atoms with Crippen LogP contribution in [0.2, 0.25) is 0 Å². The third-order valence-corrected chi connectivity index (χ3v) is 7.84. The van der Waals surface area contributed by atoms with Crippen LogP contribution in [0.1, 0.15) is 64.7 Å². The van der Waals surface area contributed by atoms with Gasteiger partial charge in [-0.15, -0.1) is 12.8 Å². The summed E-state index contributed by atoms with van der Waals surface area (Å²) < 4.78 is 0. The summed E-state index contributed by atoms with van der Waals surface area (Å²) in [6.07, 6.45) is 22.4. The third kappa shape index (κ3) is 7.13. The highest BCUT2D eigenvalue weighted by molar-refractivity contribution is 7.68. The summed E-state index contributed by atoms with van der Waals surface area (Å²) in [7, 11) is -0.780. The standard InChI is InChI=1S/C26H27P/c1-4-6-8-14-20-27(21-15-9-7-5-2)26(25-18-12-13-19-25)22-23(3)24-16-10-11-17-24/h1-2,23-26H,10-13,16-19,22H2,3H3/t23-,26-/m1/s1. The fourth-order valence-electron chi connectivity index (χ4n) is 4.46. The molecule has 0 aliphatic heterocycles. The highest BCUT2D eigenvalue weighted by Crippen LogP contribution is 2.51. The molecular formula is C26H27P. The zero-order valence-electron chi connectivity index (χ0n) is 16.3. The number of terminal acetylenes is 2. The van der Waals surface area contributed by atoms with Crippen molar-refractivity contribution in [2.45, 2.75) is 70.4 Å². The van der Waals surface area contributed by atoms with Gasteiger partial charge in [0.05, 0.1) is 7.92 Å². The number of hydrogen-bond donors (Lipinski definition) is 0.